The Kier molecular flexibility index (Phi) is 10.3. The van der Waals surface area contributed by atoms with Gasteiger partial charge >= 0.3 is 37.7 Å². The van der Waals surface area contributed by atoms with E-state index >= 15 is 0 Å². The van der Waals surface area contributed by atoms with Crippen molar-refractivity contribution < 1.29 is 37.7 Å². The standard InChI is InChI=1S/C14H16.2Li/c1-14(2,3)12-8-7-11-13-9-5-4-6-10-13;;/h4-9,11H,1-3H3;;/q-2;2*+1/b11-7+;;. The number of hydrogen-bond acceptors (Lipinski definition) is 0. The zero-order chi connectivity index (χ0) is 10.4. The van der Waals surface area contributed by atoms with Crippen LogP contribution < -0.4 is 37.7 Å². The number of rotatable bonds is 2. The normalized spacial score (nSPS) is 11.2. The van der Waals surface area contributed by atoms with Crippen molar-refractivity contribution in [2.24, 2.45) is 5.41 Å². The van der Waals surface area contributed by atoms with E-state index in [1.54, 1.807) is 0 Å². The molecule has 0 aliphatic carbocycles. The summed E-state index contributed by atoms with van der Waals surface area (Å²) in [6, 6.07) is 11.0. The molecular formula is C14H16Li2. The van der Waals surface area contributed by atoms with Gasteiger partial charge in [-0.25, -0.2) is 12.2 Å². The number of benzene rings is 1. The Labute approximate surface area is 124 Å². The van der Waals surface area contributed by atoms with Gasteiger partial charge in [-0.3, -0.25) is 12.2 Å². The van der Waals surface area contributed by atoms with Crippen LogP contribution in [0.5, 0.6) is 0 Å². The first-order valence-corrected chi connectivity index (χ1v) is 4.82. The first-order valence-electron chi connectivity index (χ1n) is 4.82. The van der Waals surface area contributed by atoms with E-state index < -0.39 is 0 Å². The predicted octanol–water partition coefficient (Wildman–Crippen LogP) is -2.09. The second-order valence-corrected chi connectivity index (χ2v) is 4.24. The van der Waals surface area contributed by atoms with E-state index in [4.69, 9.17) is 0 Å². The van der Waals surface area contributed by atoms with Crippen molar-refractivity contribution >= 4 is 6.08 Å². The summed E-state index contributed by atoms with van der Waals surface area (Å²) in [5.41, 5.74) is 1.23. The van der Waals surface area contributed by atoms with Crippen LogP contribution in [0, 0.1) is 17.6 Å². The summed E-state index contributed by atoms with van der Waals surface area (Å²) in [6.07, 6.45) is 9.25. The monoisotopic (exact) mass is 198 g/mol. The Balaban J connectivity index is 0. The predicted molar refractivity (Wildman–Crippen MR) is 61.6 cm³/mol. The molecule has 0 amide bonds. The third-order valence-corrected chi connectivity index (χ3v) is 1.62. The Morgan fingerprint density at radius 1 is 1.19 bits per heavy atom. The molecule has 0 radical (unpaired) electrons. The molecule has 0 unspecified atom stereocenters. The van der Waals surface area contributed by atoms with Crippen LogP contribution in [0.15, 0.2) is 36.4 Å². The second kappa shape index (κ2) is 8.98. The quantitative estimate of drug-likeness (QED) is 0.290. The van der Waals surface area contributed by atoms with Gasteiger partial charge in [0.2, 0.25) is 0 Å². The Morgan fingerprint density at radius 2 is 1.88 bits per heavy atom. The second-order valence-electron chi connectivity index (χ2n) is 4.24. The van der Waals surface area contributed by atoms with Gasteiger partial charge in [-0.05, 0) is 0 Å². The van der Waals surface area contributed by atoms with Gasteiger partial charge in [0.05, 0.1) is 0 Å². The van der Waals surface area contributed by atoms with E-state index in [1.165, 1.54) is 0 Å². The van der Waals surface area contributed by atoms with Crippen LogP contribution in [0.1, 0.15) is 26.3 Å². The maximum atomic E-state index is 3.27. The minimum absolute atomic E-state index is 0. The van der Waals surface area contributed by atoms with Crippen molar-refractivity contribution in [2.75, 3.05) is 0 Å². The largest absolute Gasteiger partial charge is 1.00 e. The minimum Gasteiger partial charge on any atom is -0.270 e. The molecule has 0 aromatic heterocycles. The maximum Gasteiger partial charge on any atom is 1.00 e. The summed E-state index contributed by atoms with van der Waals surface area (Å²) in [4.78, 5) is 0. The van der Waals surface area contributed by atoms with Crippen molar-refractivity contribution in [3.63, 3.8) is 0 Å². The minimum atomic E-state index is 0. The molecule has 1 aromatic carbocycles. The topological polar surface area (TPSA) is 0 Å². The summed E-state index contributed by atoms with van der Waals surface area (Å²) in [7, 11) is 0. The van der Waals surface area contributed by atoms with E-state index in [0.29, 0.717) is 0 Å². The van der Waals surface area contributed by atoms with Gasteiger partial charge in [0, 0.05) is 0 Å². The summed E-state index contributed by atoms with van der Waals surface area (Å²) in [6.45, 7) is 6.39. The number of hydrogen-bond donors (Lipinski definition) is 0. The zero-order valence-electron chi connectivity index (χ0n) is 11.0. The van der Waals surface area contributed by atoms with Crippen molar-refractivity contribution in [3.05, 3.63) is 54.1 Å². The SMILES string of the molecule is CC(C)(C)[C-]=C/C=C/c1[c-]cccc1.[Li+].[Li+]. The summed E-state index contributed by atoms with van der Waals surface area (Å²) < 4.78 is 0. The first-order chi connectivity index (χ1) is 6.58. The summed E-state index contributed by atoms with van der Waals surface area (Å²) >= 11 is 0. The van der Waals surface area contributed by atoms with Crippen LogP contribution in [0.4, 0.5) is 0 Å². The molecule has 16 heavy (non-hydrogen) atoms. The smallest absolute Gasteiger partial charge is 0.270 e. The van der Waals surface area contributed by atoms with Crippen LogP contribution in [-0.2, 0) is 0 Å². The Hall–Kier alpha value is -0.105. The summed E-state index contributed by atoms with van der Waals surface area (Å²) in [5.74, 6) is 0. The molecule has 0 nitrogen and oxygen atoms in total. The molecule has 0 saturated carbocycles. The van der Waals surface area contributed by atoms with Crippen LogP contribution in [0.3, 0.4) is 0 Å². The van der Waals surface area contributed by atoms with E-state index in [-0.39, 0.29) is 43.1 Å². The van der Waals surface area contributed by atoms with Gasteiger partial charge in [-0.15, -0.1) is 30.3 Å². The molecule has 0 atom stereocenters. The van der Waals surface area contributed by atoms with Crippen molar-refractivity contribution in [2.45, 2.75) is 20.8 Å². The first kappa shape index (κ1) is 18.3. The van der Waals surface area contributed by atoms with E-state index in [2.05, 4.69) is 32.9 Å². The molecule has 0 fully saturated rings. The van der Waals surface area contributed by atoms with Crippen molar-refractivity contribution in [1.82, 2.24) is 0 Å². The van der Waals surface area contributed by atoms with Crippen LogP contribution in [-0.4, -0.2) is 0 Å². The molecule has 0 aliphatic heterocycles. The van der Waals surface area contributed by atoms with Gasteiger partial charge in [0.25, 0.3) is 0 Å². The fraction of sp³-hybridized carbons (Fsp3) is 0.286. The third kappa shape index (κ3) is 9.14. The van der Waals surface area contributed by atoms with Crippen molar-refractivity contribution in [3.8, 4) is 0 Å². The molecule has 0 aliphatic rings. The molecule has 0 saturated heterocycles. The molecule has 74 valence electrons. The molecule has 1 aromatic rings. The van der Waals surface area contributed by atoms with Crippen LogP contribution in [0.25, 0.3) is 6.08 Å². The van der Waals surface area contributed by atoms with Gasteiger partial charge in [0.1, 0.15) is 0 Å². The zero-order valence-corrected chi connectivity index (χ0v) is 11.0. The van der Waals surface area contributed by atoms with Gasteiger partial charge < -0.3 is 0 Å². The van der Waals surface area contributed by atoms with Gasteiger partial charge in [-0.1, -0.05) is 26.2 Å². The maximum absolute atomic E-state index is 3.27. The van der Waals surface area contributed by atoms with Crippen LogP contribution in [0.2, 0.25) is 0 Å². The third-order valence-electron chi connectivity index (χ3n) is 1.62. The van der Waals surface area contributed by atoms with E-state index in [9.17, 15) is 0 Å². The van der Waals surface area contributed by atoms with Gasteiger partial charge in [-0.2, -0.15) is 5.56 Å². The van der Waals surface area contributed by atoms with E-state index in [0.717, 1.165) is 5.56 Å². The molecule has 1 rings (SSSR count). The Bertz CT molecular complexity index is 318. The molecular weight excluding hydrogens is 182 g/mol. The fourth-order valence-corrected chi connectivity index (χ4v) is 0.961. The molecule has 0 bridgehead atoms. The molecule has 0 N–H and O–H groups in total. The van der Waals surface area contributed by atoms with E-state index in [1.807, 2.05) is 42.5 Å². The fourth-order valence-electron chi connectivity index (χ4n) is 0.961. The molecule has 0 heterocycles. The molecule has 0 spiro atoms. The van der Waals surface area contributed by atoms with Gasteiger partial charge in [0.15, 0.2) is 0 Å². The van der Waals surface area contributed by atoms with Crippen LogP contribution >= 0.6 is 0 Å². The average molecular weight is 198 g/mol. The Morgan fingerprint density at radius 3 is 2.38 bits per heavy atom. The number of allylic oxidation sites excluding steroid dienone is 3. The summed E-state index contributed by atoms with van der Waals surface area (Å²) in [5, 5.41) is 0. The van der Waals surface area contributed by atoms with Crippen molar-refractivity contribution in [1.29, 1.82) is 0 Å². The molecule has 2 heteroatoms. The average Bonchev–Trinajstić information content (AvgIpc) is 2.13.